The SMILES string of the molecule is CC1(C)CC(=O)C(N=Nc2ccc3[nH]c(=O)[nH]c3c2)=C(O)C1. The Morgan fingerprint density at radius 3 is 2.55 bits per heavy atom. The summed E-state index contributed by atoms with van der Waals surface area (Å²) in [6.07, 6.45) is 0.729. The average molecular weight is 300 g/mol. The van der Waals surface area contributed by atoms with Crippen LogP contribution in [0.5, 0.6) is 0 Å². The van der Waals surface area contributed by atoms with Crippen molar-refractivity contribution in [3.63, 3.8) is 0 Å². The van der Waals surface area contributed by atoms with Crippen LogP contribution in [0, 0.1) is 5.41 Å². The fraction of sp³-hybridized carbons (Fsp3) is 0.333. The zero-order valence-corrected chi connectivity index (χ0v) is 12.3. The maximum Gasteiger partial charge on any atom is 0.323 e. The molecule has 0 aliphatic heterocycles. The highest BCUT2D eigenvalue weighted by molar-refractivity contribution is 5.96. The molecule has 1 heterocycles. The second kappa shape index (κ2) is 4.94. The number of aromatic amines is 2. The lowest BCUT2D eigenvalue weighted by Crippen LogP contribution is -2.25. The van der Waals surface area contributed by atoms with E-state index < -0.39 is 0 Å². The number of imidazole rings is 1. The van der Waals surface area contributed by atoms with Crippen LogP contribution in [0.1, 0.15) is 26.7 Å². The molecule has 2 aromatic rings. The molecular weight excluding hydrogens is 284 g/mol. The topological polar surface area (TPSA) is 111 Å². The van der Waals surface area contributed by atoms with Crippen molar-refractivity contribution in [1.29, 1.82) is 0 Å². The number of aliphatic hydroxyl groups is 1. The first-order valence-electron chi connectivity index (χ1n) is 6.93. The third-order valence-electron chi connectivity index (χ3n) is 3.59. The zero-order chi connectivity index (χ0) is 15.9. The maximum absolute atomic E-state index is 12.0. The molecule has 0 atom stereocenters. The Morgan fingerprint density at radius 2 is 1.82 bits per heavy atom. The van der Waals surface area contributed by atoms with Gasteiger partial charge in [-0.15, -0.1) is 5.11 Å². The monoisotopic (exact) mass is 300 g/mol. The number of carbonyl (C=O) groups is 1. The number of aromatic nitrogens is 2. The molecule has 1 aliphatic carbocycles. The first kappa shape index (κ1) is 14.2. The van der Waals surface area contributed by atoms with Gasteiger partial charge in [-0.2, -0.15) is 5.11 Å². The molecule has 0 amide bonds. The van der Waals surface area contributed by atoms with E-state index in [1.807, 2.05) is 13.8 Å². The Balaban J connectivity index is 1.92. The van der Waals surface area contributed by atoms with Crippen molar-refractivity contribution in [3.05, 3.63) is 40.1 Å². The van der Waals surface area contributed by atoms with Gasteiger partial charge in [0, 0.05) is 12.8 Å². The zero-order valence-electron chi connectivity index (χ0n) is 12.3. The van der Waals surface area contributed by atoms with Gasteiger partial charge >= 0.3 is 5.69 Å². The van der Waals surface area contributed by atoms with E-state index in [4.69, 9.17) is 0 Å². The fourth-order valence-corrected chi connectivity index (χ4v) is 2.58. The van der Waals surface area contributed by atoms with Crippen molar-refractivity contribution in [2.45, 2.75) is 26.7 Å². The molecule has 0 spiro atoms. The molecule has 0 radical (unpaired) electrons. The number of rotatable bonds is 2. The number of hydrogen-bond donors (Lipinski definition) is 3. The number of azo groups is 1. The quantitative estimate of drug-likeness (QED) is 0.741. The lowest BCUT2D eigenvalue weighted by molar-refractivity contribution is -0.118. The Morgan fingerprint density at radius 1 is 1.09 bits per heavy atom. The number of nitrogens with zero attached hydrogens (tertiary/aromatic N) is 2. The average Bonchev–Trinajstić information content (AvgIpc) is 2.75. The van der Waals surface area contributed by atoms with Gasteiger partial charge in [0.15, 0.2) is 11.5 Å². The van der Waals surface area contributed by atoms with Gasteiger partial charge in [-0.05, 0) is 23.6 Å². The number of carbonyl (C=O) groups excluding carboxylic acids is 1. The standard InChI is InChI=1S/C15H16N4O3/c1-15(2)6-11(20)13(12(21)7-15)19-18-8-3-4-9-10(5-8)17-14(22)16-9/h3-5,20H,6-7H2,1-2H3,(H2,16,17,22). The summed E-state index contributed by atoms with van der Waals surface area (Å²) in [4.78, 5) is 28.5. The minimum absolute atomic E-state index is 0.0157. The number of Topliss-reactive ketones (excluding diaryl/α,β-unsaturated/α-hetero) is 1. The molecule has 114 valence electrons. The van der Waals surface area contributed by atoms with E-state index in [0.29, 0.717) is 29.6 Å². The van der Waals surface area contributed by atoms with Gasteiger partial charge in [-0.3, -0.25) is 4.79 Å². The van der Waals surface area contributed by atoms with Crippen LogP contribution in [0.4, 0.5) is 5.69 Å². The highest BCUT2D eigenvalue weighted by Crippen LogP contribution is 2.36. The Kier molecular flexibility index (Phi) is 3.20. The normalized spacial score (nSPS) is 18.5. The molecule has 1 aromatic carbocycles. The highest BCUT2D eigenvalue weighted by atomic mass is 16.3. The molecule has 1 aromatic heterocycles. The molecule has 7 heteroatoms. The molecule has 0 unspecified atom stereocenters. The van der Waals surface area contributed by atoms with Gasteiger partial charge in [-0.1, -0.05) is 13.8 Å². The molecule has 0 fully saturated rings. The maximum atomic E-state index is 12.0. The molecule has 0 saturated carbocycles. The second-order valence-corrected chi connectivity index (χ2v) is 6.25. The number of hydrogen-bond acceptors (Lipinski definition) is 5. The lowest BCUT2D eigenvalue weighted by Gasteiger charge is -2.27. The molecule has 3 rings (SSSR count). The van der Waals surface area contributed by atoms with Crippen LogP contribution in [0.15, 0.2) is 44.7 Å². The van der Waals surface area contributed by atoms with Gasteiger partial charge in [0.05, 0.1) is 16.7 Å². The van der Waals surface area contributed by atoms with E-state index >= 15 is 0 Å². The number of fused-ring (bicyclic) bond motifs is 1. The van der Waals surface area contributed by atoms with Crippen LogP contribution in [0.3, 0.4) is 0 Å². The van der Waals surface area contributed by atoms with Crippen molar-refractivity contribution < 1.29 is 9.90 Å². The Hall–Kier alpha value is -2.70. The number of H-pyrrole nitrogens is 2. The summed E-state index contributed by atoms with van der Waals surface area (Å²) in [5, 5.41) is 17.9. The summed E-state index contributed by atoms with van der Waals surface area (Å²) in [6, 6.07) is 5.01. The molecule has 22 heavy (non-hydrogen) atoms. The Labute approximate surface area is 125 Å². The van der Waals surface area contributed by atoms with Crippen LogP contribution >= 0.6 is 0 Å². The molecule has 0 bridgehead atoms. The molecule has 7 nitrogen and oxygen atoms in total. The van der Waals surface area contributed by atoms with Gasteiger partial charge in [0.25, 0.3) is 0 Å². The highest BCUT2D eigenvalue weighted by Gasteiger charge is 2.33. The van der Waals surface area contributed by atoms with Gasteiger partial charge in [-0.25, -0.2) is 4.79 Å². The molecule has 1 aliphatic rings. The van der Waals surface area contributed by atoms with Gasteiger partial charge < -0.3 is 15.1 Å². The van der Waals surface area contributed by atoms with E-state index in [2.05, 4.69) is 20.2 Å². The summed E-state index contributed by atoms with van der Waals surface area (Å²) < 4.78 is 0. The summed E-state index contributed by atoms with van der Waals surface area (Å²) in [5.74, 6) is -0.241. The van der Waals surface area contributed by atoms with E-state index in [0.717, 1.165) is 0 Å². The number of allylic oxidation sites excluding steroid dienone is 2. The van der Waals surface area contributed by atoms with Crippen molar-refractivity contribution in [1.82, 2.24) is 9.97 Å². The Bertz CT molecular complexity index is 870. The van der Waals surface area contributed by atoms with Crippen LogP contribution in [0.2, 0.25) is 0 Å². The largest absolute Gasteiger partial charge is 0.510 e. The fourth-order valence-electron chi connectivity index (χ4n) is 2.58. The predicted octanol–water partition coefficient (Wildman–Crippen LogP) is 3.10. The smallest absolute Gasteiger partial charge is 0.323 e. The first-order valence-corrected chi connectivity index (χ1v) is 6.93. The molecule has 3 N–H and O–H groups in total. The number of benzene rings is 1. The summed E-state index contributed by atoms with van der Waals surface area (Å²) in [7, 11) is 0. The summed E-state index contributed by atoms with van der Waals surface area (Å²) >= 11 is 0. The first-order chi connectivity index (χ1) is 10.3. The van der Waals surface area contributed by atoms with Gasteiger partial charge in [0.1, 0.15) is 5.76 Å². The number of ketones is 1. The molecule has 0 saturated heterocycles. The van der Waals surface area contributed by atoms with Crippen LogP contribution in [0.25, 0.3) is 11.0 Å². The predicted molar refractivity (Wildman–Crippen MR) is 81.1 cm³/mol. The van der Waals surface area contributed by atoms with Crippen LogP contribution in [-0.4, -0.2) is 20.9 Å². The summed E-state index contributed by atoms with van der Waals surface area (Å²) in [6.45, 7) is 3.84. The van der Waals surface area contributed by atoms with E-state index in [1.165, 1.54) is 0 Å². The minimum Gasteiger partial charge on any atom is -0.510 e. The van der Waals surface area contributed by atoms with Crippen molar-refractivity contribution in [2.24, 2.45) is 15.6 Å². The lowest BCUT2D eigenvalue weighted by atomic mass is 9.78. The van der Waals surface area contributed by atoms with Crippen LogP contribution in [-0.2, 0) is 4.79 Å². The minimum atomic E-state index is -0.297. The number of aliphatic hydroxyl groups excluding tert-OH is 1. The third kappa shape index (κ3) is 2.69. The number of nitrogens with one attached hydrogen (secondary N) is 2. The molecular formula is C15H16N4O3. The third-order valence-corrected chi connectivity index (χ3v) is 3.59. The van der Waals surface area contributed by atoms with Crippen molar-refractivity contribution in [2.75, 3.05) is 0 Å². The van der Waals surface area contributed by atoms with Crippen molar-refractivity contribution in [3.8, 4) is 0 Å². The summed E-state index contributed by atoms with van der Waals surface area (Å²) in [5.41, 5.74) is 1.22. The van der Waals surface area contributed by atoms with E-state index in [-0.39, 0.29) is 28.3 Å². The van der Waals surface area contributed by atoms with E-state index in [1.54, 1.807) is 18.2 Å². The second-order valence-electron chi connectivity index (χ2n) is 6.25. The van der Waals surface area contributed by atoms with Crippen molar-refractivity contribution >= 4 is 22.5 Å². The van der Waals surface area contributed by atoms with Crippen LogP contribution < -0.4 is 5.69 Å². The van der Waals surface area contributed by atoms with Gasteiger partial charge in [0.2, 0.25) is 0 Å². The van der Waals surface area contributed by atoms with E-state index in [9.17, 15) is 14.7 Å².